The first-order chi connectivity index (χ1) is 11.5. The van der Waals surface area contributed by atoms with Crippen molar-refractivity contribution < 1.29 is 4.74 Å². The van der Waals surface area contributed by atoms with E-state index in [2.05, 4.69) is 10.0 Å². The van der Waals surface area contributed by atoms with E-state index in [9.17, 15) is 4.79 Å². The van der Waals surface area contributed by atoms with Crippen molar-refractivity contribution in [1.82, 2.24) is 4.57 Å². The summed E-state index contributed by atoms with van der Waals surface area (Å²) in [5.41, 5.74) is 2.31. The Morgan fingerprint density at radius 1 is 1.25 bits per heavy atom. The SMILES string of the molecule is CC.COc1cc(=O)n(C)c(Nc2ccc(C)cc2Cl)c1NSC. The lowest BCUT2D eigenvalue weighted by Crippen LogP contribution is -2.20. The lowest BCUT2D eigenvalue weighted by molar-refractivity contribution is 0.415. The van der Waals surface area contributed by atoms with Gasteiger partial charge in [0.15, 0.2) is 5.75 Å². The summed E-state index contributed by atoms with van der Waals surface area (Å²) in [5.74, 6) is 1.06. The van der Waals surface area contributed by atoms with Gasteiger partial charge < -0.3 is 14.8 Å². The molecule has 0 saturated heterocycles. The predicted molar refractivity (Wildman–Crippen MR) is 106 cm³/mol. The summed E-state index contributed by atoms with van der Waals surface area (Å²) < 4.78 is 9.95. The van der Waals surface area contributed by atoms with E-state index >= 15 is 0 Å². The van der Waals surface area contributed by atoms with Gasteiger partial charge in [-0.05, 0) is 24.6 Å². The van der Waals surface area contributed by atoms with Crippen LogP contribution in [-0.4, -0.2) is 17.9 Å². The zero-order valence-electron chi connectivity index (χ0n) is 14.9. The third-order valence-corrected chi connectivity index (χ3v) is 3.93. The number of pyridine rings is 1. The maximum atomic E-state index is 12.1. The second-order valence-electron chi connectivity index (χ2n) is 4.75. The van der Waals surface area contributed by atoms with Crippen LogP contribution >= 0.6 is 23.5 Å². The summed E-state index contributed by atoms with van der Waals surface area (Å²) in [6.45, 7) is 5.97. The fraction of sp³-hybridized carbons (Fsp3) is 0.353. The van der Waals surface area contributed by atoms with Crippen LogP contribution in [0, 0.1) is 6.92 Å². The number of nitrogens with zero attached hydrogens (tertiary/aromatic N) is 1. The van der Waals surface area contributed by atoms with E-state index in [1.807, 2.05) is 45.2 Å². The van der Waals surface area contributed by atoms with Crippen LogP contribution in [0.25, 0.3) is 0 Å². The van der Waals surface area contributed by atoms with Gasteiger partial charge in [0.2, 0.25) is 0 Å². The highest BCUT2D eigenvalue weighted by atomic mass is 35.5. The lowest BCUT2D eigenvalue weighted by atomic mass is 10.2. The minimum Gasteiger partial charge on any atom is -0.494 e. The van der Waals surface area contributed by atoms with Gasteiger partial charge in [0.25, 0.3) is 5.56 Å². The topological polar surface area (TPSA) is 55.3 Å². The first kappa shape index (κ1) is 20.3. The van der Waals surface area contributed by atoms with Gasteiger partial charge in [-0.25, -0.2) is 0 Å². The van der Waals surface area contributed by atoms with E-state index in [4.69, 9.17) is 16.3 Å². The Bertz CT molecular complexity index is 747. The van der Waals surface area contributed by atoms with Crippen LogP contribution in [0.4, 0.5) is 17.2 Å². The highest BCUT2D eigenvalue weighted by molar-refractivity contribution is 7.99. The fourth-order valence-corrected chi connectivity index (χ4v) is 2.72. The molecule has 2 rings (SSSR count). The molecule has 1 heterocycles. The molecule has 0 saturated carbocycles. The minimum absolute atomic E-state index is 0.172. The van der Waals surface area contributed by atoms with Gasteiger partial charge in [0.05, 0.1) is 17.8 Å². The number of anilines is 3. The Morgan fingerprint density at radius 2 is 1.92 bits per heavy atom. The van der Waals surface area contributed by atoms with E-state index in [-0.39, 0.29) is 5.56 Å². The molecular formula is C17H24ClN3O2S. The summed E-state index contributed by atoms with van der Waals surface area (Å²) in [6, 6.07) is 7.14. The molecule has 0 aliphatic heterocycles. The van der Waals surface area contributed by atoms with Crippen LogP contribution < -0.4 is 20.3 Å². The Balaban J connectivity index is 0.00000139. The van der Waals surface area contributed by atoms with Gasteiger partial charge in [-0.3, -0.25) is 9.36 Å². The first-order valence-corrected chi connectivity index (χ1v) is 9.18. The quantitative estimate of drug-likeness (QED) is 0.740. The van der Waals surface area contributed by atoms with Crippen molar-refractivity contribution in [3.8, 4) is 5.75 Å². The number of hydrogen-bond acceptors (Lipinski definition) is 5. The molecule has 132 valence electrons. The van der Waals surface area contributed by atoms with Crippen LogP contribution in [0.5, 0.6) is 5.75 Å². The number of aromatic nitrogens is 1. The molecule has 0 atom stereocenters. The van der Waals surface area contributed by atoms with Crippen molar-refractivity contribution in [1.29, 1.82) is 0 Å². The van der Waals surface area contributed by atoms with E-state index < -0.39 is 0 Å². The molecule has 2 N–H and O–H groups in total. The highest BCUT2D eigenvalue weighted by Crippen LogP contribution is 2.35. The van der Waals surface area contributed by atoms with Crippen molar-refractivity contribution in [2.75, 3.05) is 23.4 Å². The van der Waals surface area contributed by atoms with Crippen LogP contribution in [0.3, 0.4) is 0 Å². The molecule has 2 aromatic rings. The number of benzene rings is 1. The van der Waals surface area contributed by atoms with Crippen molar-refractivity contribution in [2.24, 2.45) is 7.05 Å². The Kier molecular flexibility index (Phi) is 8.01. The molecule has 0 unspecified atom stereocenters. The Morgan fingerprint density at radius 3 is 2.46 bits per heavy atom. The summed E-state index contributed by atoms with van der Waals surface area (Å²) in [6.07, 6.45) is 1.90. The molecule has 0 fully saturated rings. The minimum atomic E-state index is -0.172. The van der Waals surface area contributed by atoms with Crippen molar-refractivity contribution in [3.05, 3.63) is 45.2 Å². The normalized spacial score (nSPS) is 9.79. The number of halogens is 1. The summed E-state index contributed by atoms with van der Waals surface area (Å²) in [5, 5.41) is 3.80. The van der Waals surface area contributed by atoms with Gasteiger partial charge in [0, 0.05) is 19.4 Å². The van der Waals surface area contributed by atoms with Crippen molar-refractivity contribution in [3.63, 3.8) is 0 Å². The predicted octanol–water partition coefficient (Wildman–Crippen LogP) is 4.82. The largest absolute Gasteiger partial charge is 0.494 e. The average molecular weight is 370 g/mol. The second-order valence-corrected chi connectivity index (χ2v) is 5.77. The van der Waals surface area contributed by atoms with Crippen LogP contribution in [0.2, 0.25) is 5.02 Å². The zero-order valence-corrected chi connectivity index (χ0v) is 16.4. The van der Waals surface area contributed by atoms with E-state index in [1.54, 1.807) is 7.05 Å². The molecule has 0 radical (unpaired) electrons. The highest BCUT2D eigenvalue weighted by Gasteiger charge is 2.15. The number of ether oxygens (including phenoxy) is 1. The molecule has 0 bridgehead atoms. The maximum absolute atomic E-state index is 12.1. The molecule has 24 heavy (non-hydrogen) atoms. The number of rotatable bonds is 5. The average Bonchev–Trinajstić information content (AvgIpc) is 2.58. The number of hydrogen-bond donors (Lipinski definition) is 2. The van der Waals surface area contributed by atoms with Gasteiger partial charge >= 0.3 is 0 Å². The van der Waals surface area contributed by atoms with Crippen molar-refractivity contribution >= 4 is 40.7 Å². The summed E-state index contributed by atoms with van der Waals surface area (Å²) in [4.78, 5) is 12.1. The van der Waals surface area contributed by atoms with E-state index in [0.717, 1.165) is 11.3 Å². The number of aryl methyl sites for hydroxylation is 1. The Hall–Kier alpha value is -1.79. The molecule has 7 heteroatoms. The summed E-state index contributed by atoms with van der Waals surface area (Å²) in [7, 11) is 3.22. The van der Waals surface area contributed by atoms with Gasteiger partial charge in [0.1, 0.15) is 11.5 Å². The standard InChI is InChI=1S/C15H18ClN3O2S.C2H6/c1-9-5-6-11(10(16)7-9)17-15-14(18-22-4)12(21-3)8-13(20)19(15)2;1-2/h5-8,17-18H,1-4H3;1-2H3. The van der Waals surface area contributed by atoms with E-state index in [1.165, 1.54) is 29.7 Å². The zero-order chi connectivity index (χ0) is 18.3. The van der Waals surface area contributed by atoms with Crippen molar-refractivity contribution in [2.45, 2.75) is 20.8 Å². The van der Waals surface area contributed by atoms with Crippen LogP contribution in [-0.2, 0) is 7.05 Å². The molecule has 0 amide bonds. The fourth-order valence-electron chi connectivity index (χ4n) is 2.03. The molecule has 5 nitrogen and oxygen atoms in total. The molecule has 0 aliphatic rings. The van der Waals surface area contributed by atoms with Crippen LogP contribution in [0.15, 0.2) is 29.1 Å². The van der Waals surface area contributed by atoms with Crippen LogP contribution in [0.1, 0.15) is 19.4 Å². The smallest absolute Gasteiger partial charge is 0.255 e. The number of methoxy groups -OCH3 is 1. The van der Waals surface area contributed by atoms with Gasteiger partial charge in [-0.1, -0.05) is 43.5 Å². The van der Waals surface area contributed by atoms with E-state index in [0.29, 0.717) is 22.3 Å². The lowest BCUT2D eigenvalue weighted by Gasteiger charge is -2.19. The first-order valence-electron chi connectivity index (χ1n) is 7.58. The molecule has 0 spiro atoms. The monoisotopic (exact) mass is 369 g/mol. The third-order valence-electron chi connectivity index (χ3n) is 3.21. The molecule has 1 aromatic heterocycles. The maximum Gasteiger partial charge on any atom is 0.255 e. The van der Waals surface area contributed by atoms with Gasteiger partial charge in [-0.15, -0.1) is 0 Å². The third kappa shape index (κ3) is 4.61. The Labute approximate surface area is 152 Å². The molecule has 0 aliphatic carbocycles. The molecule has 1 aromatic carbocycles. The number of nitrogens with one attached hydrogen (secondary N) is 2. The molecular weight excluding hydrogens is 346 g/mol. The summed E-state index contributed by atoms with van der Waals surface area (Å²) >= 11 is 7.68. The van der Waals surface area contributed by atoms with Gasteiger partial charge in [-0.2, -0.15) is 0 Å². The second kappa shape index (κ2) is 9.49.